The zero-order chi connectivity index (χ0) is 20.9. The Labute approximate surface area is 178 Å². The van der Waals surface area contributed by atoms with Crippen LogP contribution in [0.2, 0.25) is 0 Å². The van der Waals surface area contributed by atoms with E-state index >= 15 is 0 Å². The van der Waals surface area contributed by atoms with Crippen molar-refractivity contribution < 1.29 is 14.3 Å². The van der Waals surface area contributed by atoms with Crippen LogP contribution in [-0.4, -0.2) is 35.5 Å². The predicted octanol–water partition coefficient (Wildman–Crippen LogP) is 4.12. The minimum Gasteiger partial charge on any atom is -0.469 e. The molecular weight excluding hydrogens is 378 g/mol. The highest BCUT2D eigenvalue weighted by atomic mass is 16.5. The molecule has 0 bridgehead atoms. The molecule has 2 saturated carbocycles. The normalized spacial score (nSPS) is 23.8. The molecule has 1 amide bonds. The molecule has 1 aromatic carbocycles. The summed E-state index contributed by atoms with van der Waals surface area (Å²) in [7, 11) is 1.46. The number of carbonyl (C=O) groups is 2. The number of ether oxygens (including phenoxy) is 1. The van der Waals surface area contributed by atoms with E-state index in [1.165, 1.54) is 26.4 Å². The monoisotopic (exact) mass is 410 g/mol. The third-order valence-corrected chi connectivity index (χ3v) is 7.11. The smallest absolute Gasteiger partial charge is 0.308 e. The van der Waals surface area contributed by atoms with Crippen LogP contribution in [0.5, 0.6) is 0 Å². The quantitative estimate of drug-likeness (QED) is 0.702. The van der Waals surface area contributed by atoms with Crippen LogP contribution in [0.4, 0.5) is 0 Å². The van der Waals surface area contributed by atoms with Crippen molar-refractivity contribution in [3.8, 4) is 0 Å². The van der Waals surface area contributed by atoms with Gasteiger partial charge in [0.1, 0.15) is 0 Å². The van der Waals surface area contributed by atoms with Crippen LogP contribution in [0, 0.1) is 24.1 Å². The lowest BCUT2D eigenvalue weighted by Gasteiger charge is -2.31. The maximum Gasteiger partial charge on any atom is 0.308 e. The summed E-state index contributed by atoms with van der Waals surface area (Å²) in [6, 6.07) is 6.04. The predicted molar refractivity (Wildman–Crippen MR) is 115 cm³/mol. The molecule has 6 nitrogen and oxygen atoms in total. The van der Waals surface area contributed by atoms with Gasteiger partial charge in [-0.3, -0.25) is 9.59 Å². The van der Waals surface area contributed by atoms with Gasteiger partial charge in [-0.05, 0) is 62.0 Å². The van der Waals surface area contributed by atoms with Crippen molar-refractivity contribution in [2.45, 2.75) is 63.7 Å². The van der Waals surface area contributed by atoms with E-state index in [4.69, 9.17) is 4.74 Å². The molecule has 2 aromatic rings. The second-order valence-electron chi connectivity index (χ2n) is 8.95. The Morgan fingerprint density at radius 3 is 2.67 bits per heavy atom. The van der Waals surface area contributed by atoms with Crippen LogP contribution in [0.25, 0.3) is 11.0 Å². The van der Waals surface area contributed by atoms with E-state index in [2.05, 4.69) is 27.7 Å². The molecule has 0 aliphatic heterocycles. The summed E-state index contributed by atoms with van der Waals surface area (Å²) in [5.74, 6) is 0.654. The Hall–Kier alpha value is -2.37. The van der Waals surface area contributed by atoms with Crippen LogP contribution in [-0.2, 0) is 14.3 Å². The number of nitrogens with zero attached hydrogens (tertiary/aromatic N) is 1. The van der Waals surface area contributed by atoms with Crippen LogP contribution in [0.1, 0.15) is 69.3 Å². The Balaban J connectivity index is 1.44. The van der Waals surface area contributed by atoms with Crippen molar-refractivity contribution in [1.82, 2.24) is 15.3 Å². The number of nitrogens with one attached hydrogen (secondary N) is 2. The number of imidazole rings is 1. The lowest BCUT2D eigenvalue weighted by molar-refractivity contribution is -0.146. The standard InChI is InChI=1S/C24H32N3O3/c1-30-24(29)18-12-10-16(11-13-18)14-25-23(28)21(17-6-3-2-4-7-17)19-8-5-9-20-22(19)27-15-26-20/h5,8-9,16-18,21H,2-4,6-7,10-14H2,1H3,(H,25,28)(H,26,27). The lowest BCUT2D eigenvalue weighted by atomic mass is 9.75. The first-order valence-electron chi connectivity index (χ1n) is 11.4. The van der Waals surface area contributed by atoms with Gasteiger partial charge in [0.05, 0.1) is 30.0 Å². The molecule has 0 saturated heterocycles. The minimum absolute atomic E-state index is 0.0189. The van der Waals surface area contributed by atoms with Gasteiger partial charge in [-0.1, -0.05) is 31.4 Å². The summed E-state index contributed by atoms with van der Waals surface area (Å²) < 4.78 is 4.88. The maximum atomic E-state index is 13.4. The highest BCUT2D eigenvalue weighted by Gasteiger charge is 2.33. The number of benzene rings is 1. The molecule has 1 atom stereocenters. The van der Waals surface area contributed by atoms with Crippen LogP contribution < -0.4 is 5.32 Å². The van der Waals surface area contributed by atoms with Crippen molar-refractivity contribution in [3.63, 3.8) is 0 Å². The molecule has 1 unspecified atom stereocenters. The molecular formula is C24H32N3O3. The van der Waals surface area contributed by atoms with E-state index in [1.54, 1.807) is 0 Å². The molecule has 2 aliphatic carbocycles. The van der Waals surface area contributed by atoms with Crippen LogP contribution in [0.3, 0.4) is 0 Å². The number of rotatable bonds is 6. The SMILES string of the molecule is COC(=O)C1CCC(CNC(=O)C(c2cccc3[nH][c]nc23)C2CCCCC2)CC1. The van der Waals surface area contributed by atoms with E-state index in [9.17, 15) is 9.59 Å². The maximum absolute atomic E-state index is 13.4. The Morgan fingerprint density at radius 2 is 1.93 bits per heavy atom. The topological polar surface area (TPSA) is 84.1 Å². The third-order valence-electron chi connectivity index (χ3n) is 7.11. The third kappa shape index (κ3) is 4.52. The van der Waals surface area contributed by atoms with Gasteiger partial charge < -0.3 is 15.0 Å². The summed E-state index contributed by atoms with van der Waals surface area (Å²) in [6.07, 6.45) is 12.3. The molecule has 30 heavy (non-hydrogen) atoms. The molecule has 1 aromatic heterocycles. The van der Waals surface area contributed by atoms with Crippen molar-refractivity contribution >= 4 is 22.9 Å². The Bertz CT molecular complexity index is 863. The zero-order valence-corrected chi connectivity index (χ0v) is 17.8. The average Bonchev–Trinajstić information content (AvgIpc) is 3.28. The van der Waals surface area contributed by atoms with Gasteiger partial charge in [0.2, 0.25) is 5.91 Å². The number of esters is 1. The number of hydrogen-bond donors (Lipinski definition) is 2. The van der Waals surface area contributed by atoms with Gasteiger partial charge in [-0.25, -0.2) is 4.98 Å². The molecule has 6 heteroatoms. The Morgan fingerprint density at radius 1 is 1.17 bits per heavy atom. The number of hydrogen-bond acceptors (Lipinski definition) is 4. The van der Waals surface area contributed by atoms with Gasteiger partial charge in [0.25, 0.3) is 0 Å². The van der Waals surface area contributed by atoms with E-state index < -0.39 is 0 Å². The molecule has 1 radical (unpaired) electrons. The van der Waals surface area contributed by atoms with Crippen molar-refractivity contribution in [1.29, 1.82) is 0 Å². The lowest BCUT2D eigenvalue weighted by Crippen LogP contribution is -2.38. The fourth-order valence-electron chi connectivity index (χ4n) is 5.38. The van der Waals surface area contributed by atoms with Gasteiger partial charge in [0.15, 0.2) is 6.33 Å². The van der Waals surface area contributed by atoms with Gasteiger partial charge in [-0.15, -0.1) is 0 Å². The number of carbonyl (C=O) groups excluding carboxylic acids is 2. The second-order valence-corrected chi connectivity index (χ2v) is 8.95. The number of aromatic amines is 1. The summed E-state index contributed by atoms with van der Waals surface area (Å²) in [5.41, 5.74) is 2.81. The molecule has 4 rings (SSSR count). The summed E-state index contributed by atoms with van der Waals surface area (Å²) in [4.78, 5) is 32.6. The molecule has 161 valence electrons. The highest BCUT2D eigenvalue weighted by Crippen LogP contribution is 2.38. The first kappa shape index (κ1) is 20.9. The summed E-state index contributed by atoms with van der Waals surface area (Å²) in [5, 5.41) is 3.26. The average molecular weight is 411 g/mol. The first-order valence-corrected chi connectivity index (χ1v) is 11.4. The van der Waals surface area contributed by atoms with Crippen molar-refractivity contribution in [2.75, 3.05) is 13.7 Å². The number of amides is 1. The second kappa shape index (κ2) is 9.63. The van der Waals surface area contributed by atoms with E-state index in [-0.39, 0.29) is 23.7 Å². The van der Waals surface area contributed by atoms with Gasteiger partial charge >= 0.3 is 5.97 Å². The molecule has 2 N–H and O–H groups in total. The largest absolute Gasteiger partial charge is 0.469 e. The number of para-hydroxylation sites is 1. The van der Waals surface area contributed by atoms with Crippen molar-refractivity contribution in [2.24, 2.45) is 17.8 Å². The Kier molecular flexibility index (Phi) is 6.70. The van der Waals surface area contributed by atoms with Gasteiger partial charge in [-0.2, -0.15) is 0 Å². The molecule has 0 spiro atoms. The number of aromatic nitrogens is 2. The zero-order valence-electron chi connectivity index (χ0n) is 17.8. The van der Waals surface area contributed by atoms with Crippen molar-refractivity contribution in [3.05, 3.63) is 30.1 Å². The van der Waals surface area contributed by atoms with E-state index in [1.807, 2.05) is 12.1 Å². The first-order chi connectivity index (χ1) is 14.7. The van der Waals surface area contributed by atoms with Gasteiger partial charge in [0, 0.05) is 6.54 Å². The summed E-state index contributed by atoms with van der Waals surface area (Å²) >= 11 is 0. The minimum atomic E-state index is -0.169. The fraction of sp³-hybridized carbons (Fsp3) is 0.625. The highest BCUT2D eigenvalue weighted by molar-refractivity contribution is 5.90. The number of fused-ring (bicyclic) bond motifs is 1. The molecule has 1 heterocycles. The van der Waals surface area contributed by atoms with E-state index in [0.29, 0.717) is 18.4 Å². The van der Waals surface area contributed by atoms with E-state index in [0.717, 1.165) is 55.1 Å². The van der Waals surface area contributed by atoms with Crippen LogP contribution >= 0.6 is 0 Å². The molecule has 2 fully saturated rings. The number of H-pyrrole nitrogens is 1. The summed E-state index contributed by atoms with van der Waals surface area (Å²) in [6.45, 7) is 0.679. The van der Waals surface area contributed by atoms with Crippen LogP contribution in [0.15, 0.2) is 18.2 Å². The fourth-order valence-corrected chi connectivity index (χ4v) is 5.38. The molecule has 2 aliphatic rings. The number of methoxy groups -OCH3 is 1.